The quantitative estimate of drug-likeness (QED) is 0.707. The van der Waals surface area contributed by atoms with Crippen LogP contribution in [0.3, 0.4) is 0 Å². The third-order valence-electron chi connectivity index (χ3n) is 4.34. The second kappa shape index (κ2) is 7.66. The van der Waals surface area contributed by atoms with E-state index < -0.39 is 6.10 Å². The molecule has 1 N–H and O–H groups in total. The average Bonchev–Trinajstić information content (AvgIpc) is 3.16. The molecule has 0 aliphatic heterocycles. The Bertz CT molecular complexity index is 847. The minimum atomic E-state index is -0.633. The first-order valence-corrected chi connectivity index (χ1v) is 9.24. The van der Waals surface area contributed by atoms with Crippen LogP contribution in [-0.2, 0) is 10.2 Å². The highest BCUT2D eigenvalue weighted by Crippen LogP contribution is 2.32. The zero-order valence-corrected chi connectivity index (χ0v) is 15.8. The van der Waals surface area contributed by atoms with E-state index in [-0.39, 0.29) is 11.3 Å². The summed E-state index contributed by atoms with van der Waals surface area (Å²) in [7, 11) is 0. The van der Waals surface area contributed by atoms with Crippen molar-refractivity contribution in [3.05, 3.63) is 71.2 Å². The molecule has 0 aliphatic rings. The van der Waals surface area contributed by atoms with Gasteiger partial charge < -0.3 is 4.74 Å². The molecular weight excluding hydrogens is 346 g/mol. The van der Waals surface area contributed by atoms with Gasteiger partial charge in [0, 0.05) is 5.41 Å². The molecule has 3 aromatic rings. The van der Waals surface area contributed by atoms with E-state index in [2.05, 4.69) is 41.5 Å². The number of anilines is 1. The van der Waals surface area contributed by atoms with Gasteiger partial charge in [-0.15, -0.1) is 10.2 Å². The number of hydrogen-bond donors (Lipinski definition) is 1. The number of nitrogens with zero attached hydrogens (tertiary/aromatic N) is 2. The summed E-state index contributed by atoms with van der Waals surface area (Å²) >= 11 is 1.27. The Kier molecular flexibility index (Phi) is 5.32. The average molecular weight is 367 g/mol. The molecule has 0 fully saturated rings. The molecule has 5 nitrogen and oxygen atoms in total. The highest BCUT2D eigenvalue weighted by atomic mass is 32.1. The van der Waals surface area contributed by atoms with Crippen LogP contribution in [0, 0.1) is 0 Å². The van der Waals surface area contributed by atoms with Crippen LogP contribution in [0.4, 0.5) is 5.13 Å². The Morgan fingerprint density at radius 1 is 1.08 bits per heavy atom. The number of carbonyl (C=O) groups excluding carboxylic acids is 1. The van der Waals surface area contributed by atoms with E-state index in [9.17, 15) is 4.79 Å². The van der Waals surface area contributed by atoms with Gasteiger partial charge in [-0.2, -0.15) is 0 Å². The Morgan fingerprint density at radius 3 is 2.35 bits per heavy atom. The summed E-state index contributed by atoms with van der Waals surface area (Å²) < 4.78 is 5.74. The maximum atomic E-state index is 12.1. The van der Waals surface area contributed by atoms with Crippen molar-refractivity contribution >= 4 is 22.4 Å². The van der Waals surface area contributed by atoms with E-state index in [0.717, 1.165) is 0 Å². The molecule has 0 spiro atoms. The van der Waals surface area contributed by atoms with Crippen molar-refractivity contribution in [2.24, 2.45) is 0 Å². The summed E-state index contributed by atoms with van der Waals surface area (Å²) in [5, 5.41) is 10.6. The van der Waals surface area contributed by atoms with Gasteiger partial charge >= 0.3 is 0 Å². The van der Waals surface area contributed by atoms with Crippen LogP contribution in [0.15, 0.2) is 60.1 Å². The van der Waals surface area contributed by atoms with E-state index in [1.807, 2.05) is 42.5 Å². The first-order valence-electron chi connectivity index (χ1n) is 8.36. The molecule has 134 valence electrons. The lowest BCUT2D eigenvalue weighted by molar-refractivity contribution is -0.122. The lowest BCUT2D eigenvalue weighted by Gasteiger charge is -2.26. The van der Waals surface area contributed by atoms with Crippen molar-refractivity contribution in [1.82, 2.24) is 10.2 Å². The monoisotopic (exact) mass is 367 g/mol. The number of nitrogens with one attached hydrogen (secondary N) is 1. The van der Waals surface area contributed by atoms with Crippen molar-refractivity contribution in [1.29, 1.82) is 0 Å². The molecule has 1 heterocycles. The molecule has 26 heavy (non-hydrogen) atoms. The molecular formula is C20H21N3O2S. The molecule has 3 rings (SSSR count). The van der Waals surface area contributed by atoms with Crippen LogP contribution < -0.4 is 10.1 Å². The van der Waals surface area contributed by atoms with Gasteiger partial charge in [-0.05, 0) is 30.2 Å². The van der Waals surface area contributed by atoms with Crippen LogP contribution in [0.1, 0.15) is 31.9 Å². The number of ether oxygens (including phenoxy) is 1. The summed E-state index contributed by atoms with van der Waals surface area (Å²) in [5.41, 5.74) is 3.88. The first-order chi connectivity index (χ1) is 12.5. The fourth-order valence-corrected chi connectivity index (χ4v) is 3.11. The standard InChI is InChI=1S/C20H21N3O2S/c1-14(18(24)22-19-23-21-13-26-19)25-17-11-9-16(10-12-17)20(2,3)15-7-5-4-6-8-15/h4-14H,1-3H3,(H,22,23,24)/t14-/m1/s1. The molecule has 0 radical (unpaired) electrons. The maximum Gasteiger partial charge on any atom is 0.266 e. The minimum Gasteiger partial charge on any atom is -0.481 e. The summed E-state index contributed by atoms with van der Waals surface area (Å²) in [4.78, 5) is 12.1. The van der Waals surface area contributed by atoms with Crippen molar-refractivity contribution in [3.63, 3.8) is 0 Å². The number of carbonyl (C=O) groups is 1. The third-order valence-corrected chi connectivity index (χ3v) is 4.95. The number of hydrogen-bond acceptors (Lipinski definition) is 5. The van der Waals surface area contributed by atoms with Crippen LogP contribution in [0.25, 0.3) is 0 Å². The smallest absolute Gasteiger partial charge is 0.266 e. The molecule has 0 unspecified atom stereocenters. The molecule has 1 aromatic heterocycles. The van der Waals surface area contributed by atoms with Crippen molar-refractivity contribution in [2.45, 2.75) is 32.3 Å². The highest BCUT2D eigenvalue weighted by molar-refractivity contribution is 7.13. The zero-order valence-electron chi connectivity index (χ0n) is 15.0. The molecule has 0 saturated heterocycles. The van der Waals surface area contributed by atoms with Gasteiger partial charge in [-0.3, -0.25) is 10.1 Å². The predicted molar refractivity (Wildman–Crippen MR) is 104 cm³/mol. The second-order valence-electron chi connectivity index (χ2n) is 6.51. The number of rotatable bonds is 6. The first kappa shape index (κ1) is 18.1. The van der Waals surface area contributed by atoms with Crippen LogP contribution >= 0.6 is 11.3 Å². The Hall–Kier alpha value is -2.73. The Morgan fingerprint density at radius 2 is 1.73 bits per heavy atom. The highest BCUT2D eigenvalue weighted by Gasteiger charge is 2.23. The van der Waals surface area contributed by atoms with Gasteiger partial charge in [0.25, 0.3) is 5.91 Å². The SMILES string of the molecule is C[C@@H](Oc1ccc(C(C)(C)c2ccccc2)cc1)C(=O)Nc1nncs1. The third kappa shape index (κ3) is 4.08. The van der Waals surface area contributed by atoms with E-state index in [0.29, 0.717) is 10.9 Å². The van der Waals surface area contributed by atoms with E-state index in [1.165, 1.54) is 22.5 Å². The zero-order chi connectivity index (χ0) is 18.6. The fraction of sp³-hybridized carbons (Fsp3) is 0.250. The fourth-order valence-electron chi connectivity index (χ4n) is 2.66. The molecule has 0 aliphatic carbocycles. The van der Waals surface area contributed by atoms with E-state index >= 15 is 0 Å². The number of amides is 1. The van der Waals surface area contributed by atoms with Crippen molar-refractivity contribution < 1.29 is 9.53 Å². The van der Waals surface area contributed by atoms with Crippen LogP contribution in [0.5, 0.6) is 5.75 Å². The van der Waals surface area contributed by atoms with Crippen molar-refractivity contribution in [2.75, 3.05) is 5.32 Å². The second-order valence-corrected chi connectivity index (χ2v) is 7.34. The molecule has 1 amide bonds. The molecule has 6 heteroatoms. The number of benzene rings is 2. The van der Waals surface area contributed by atoms with Gasteiger partial charge in [-0.25, -0.2) is 0 Å². The van der Waals surface area contributed by atoms with Crippen LogP contribution in [0.2, 0.25) is 0 Å². The normalized spacial score (nSPS) is 12.4. The summed E-state index contributed by atoms with van der Waals surface area (Å²) in [6, 6.07) is 18.2. The van der Waals surface area contributed by atoms with Gasteiger partial charge in [0.1, 0.15) is 11.3 Å². The Balaban J connectivity index is 1.67. The maximum absolute atomic E-state index is 12.1. The minimum absolute atomic E-state index is 0.110. The van der Waals surface area contributed by atoms with Gasteiger partial charge in [-0.1, -0.05) is 67.6 Å². The molecule has 2 aromatic carbocycles. The lowest BCUT2D eigenvalue weighted by Crippen LogP contribution is -2.30. The lowest BCUT2D eigenvalue weighted by atomic mass is 9.78. The topological polar surface area (TPSA) is 64.1 Å². The molecule has 0 saturated carbocycles. The van der Waals surface area contributed by atoms with Crippen LogP contribution in [-0.4, -0.2) is 22.2 Å². The Labute approximate surface area is 157 Å². The van der Waals surface area contributed by atoms with Gasteiger partial charge in [0.2, 0.25) is 5.13 Å². The molecule has 1 atom stereocenters. The molecule has 0 bridgehead atoms. The predicted octanol–water partition coefficient (Wildman–Crippen LogP) is 4.27. The van der Waals surface area contributed by atoms with E-state index in [4.69, 9.17) is 4.74 Å². The van der Waals surface area contributed by atoms with Gasteiger partial charge in [0.15, 0.2) is 6.10 Å². The largest absolute Gasteiger partial charge is 0.481 e. The summed E-state index contributed by atoms with van der Waals surface area (Å²) in [6.45, 7) is 6.09. The van der Waals surface area contributed by atoms with Crippen molar-refractivity contribution in [3.8, 4) is 5.75 Å². The van der Waals surface area contributed by atoms with Gasteiger partial charge in [0.05, 0.1) is 0 Å². The summed E-state index contributed by atoms with van der Waals surface area (Å²) in [6.07, 6.45) is -0.633. The van der Waals surface area contributed by atoms with E-state index in [1.54, 1.807) is 12.4 Å². The number of aromatic nitrogens is 2. The summed E-state index contributed by atoms with van der Waals surface area (Å²) in [5.74, 6) is 0.396.